The molecule has 6 aromatic carbocycles. The summed E-state index contributed by atoms with van der Waals surface area (Å²) in [6.07, 6.45) is -0.853. The number of ether oxygens (including phenoxy) is 4. The predicted octanol–water partition coefficient (Wildman–Crippen LogP) is 21.4. The maximum absolute atomic E-state index is 11.0. The van der Waals surface area contributed by atoms with Crippen molar-refractivity contribution in [1.29, 1.82) is 0 Å². The standard InChI is InChI=1S/C20H31N3O5.C20H32N2O2S.C19H29N3O5.C19H30N2O2S.C15H18N2O4S2.C14H16N2O4S2/c1-18(2,3)21-11-17(28-23(25)26)16-9-12-8-13-14(10-15(12)27-16)20(6,7)22(24)19(13,4)5;1-18(2,3)21-11-17(25)16-9-12-8-13-14(10-15(12)24-16)20(6,7)22(23)19(13,4)5;1-11(2)20-10-17(27-22(24)25)16-8-12-7-13-14(9-15(12)26-16)19(5,6)21(23)18(13,3)4;1-11(2)20-10-17(24)16-8-12-7-13-14(9-15(12)23-16)19(5,6)21(22)18(13,3)4;1-15(2,3)16-7-13(21-17(18)19)12-4-9-6-14-10(8-22-23-14)5-11(9)20-12;1-8(2)15-6-13(20-16(17)18)12-3-9-5-14-10(7-21-22-14)4-11(9)19-12/h8,10,16-17,21,24H,9,11H2,1-7H3;8,10,16-17,21,23,25H,9,11H2,1-7H3;7,9,11,16-17,20,23H,8,10H2,1-6H3;7,9,11,16-17,20,22,24H,8,10H2,1-6H3;4-6,13,16H,7-8H2,1-3H3;3-5,8,13,15H,6-7H2,1-2H3. The molecule has 0 radical (unpaired) electrons. The summed E-state index contributed by atoms with van der Waals surface area (Å²) in [4.78, 5) is 65.3. The summed E-state index contributed by atoms with van der Waals surface area (Å²) in [6.45, 7) is 65.8. The second-order valence-electron chi connectivity index (χ2n) is 48.3. The Bertz CT molecular complexity index is 5930. The van der Waals surface area contributed by atoms with Gasteiger partial charge in [0.15, 0.2) is 24.4 Å². The smallest absolute Gasteiger partial charge is 0.295 e. The van der Waals surface area contributed by atoms with Crippen molar-refractivity contribution in [2.75, 3.05) is 39.3 Å². The van der Waals surface area contributed by atoms with Gasteiger partial charge < -0.3 is 99.9 Å². The summed E-state index contributed by atoms with van der Waals surface area (Å²) in [5, 5.41) is 111. The van der Waals surface area contributed by atoms with E-state index in [9.17, 15) is 61.3 Å². The zero-order valence-corrected chi connectivity index (χ0v) is 96.9. The van der Waals surface area contributed by atoms with Gasteiger partial charge >= 0.3 is 0 Å². The summed E-state index contributed by atoms with van der Waals surface area (Å²) in [5.41, 5.74) is 13.1. The van der Waals surface area contributed by atoms with Gasteiger partial charge in [-0.1, -0.05) is 84.7 Å². The highest BCUT2D eigenvalue weighted by molar-refractivity contribution is 8.77. The van der Waals surface area contributed by atoms with Crippen LogP contribution in [0.4, 0.5) is 0 Å². The van der Waals surface area contributed by atoms with Gasteiger partial charge in [0.25, 0.3) is 20.3 Å². The fraction of sp³-hybridized carbons (Fsp3) is 0.626. The van der Waals surface area contributed by atoms with Gasteiger partial charge in [-0.15, -0.1) is 40.5 Å². The highest BCUT2D eigenvalue weighted by Crippen LogP contribution is 2.57. The first-order valence-electron chi connectivity index (χ1n) is 51.0. The number of nitrogens with one attached hydrogen (secondary N) is 6. The number of furan rings is 2. The Hall–Kier alpha value is -8.06. The minimum absolute atomic E-state index is 0.0756. The molecule has 36 nitrogen and oxygen atoms in total. The van der Waals surface area contributed by atoms with Crippen molar-refractivity contribution in [2.24, 2.45) is 0 Å². The Kier molecular flexibility index (Phi) is 35.7. The van der Waals surface area contributed by atoms with E-state index in [1.165, 1.54) is 63.4 Å². The molecule has 0 amide bonds. The number of hydrogen-bond acceptors (Lipinski definition) is 38. The third-order valence-corrected chi connectivity index (χ3v) is 34.9. The molecule has 10 atom stereocenters. The summed E-state index contributed by atoms with van der Waals surface area (Å²) in [5.74, 6) is 6.15. The quantitative estimate of drug-likeness (QED) is 0.00896. The van der Waals surface area contributed by atoms with Gasteiger partial charge in [-0.25, -0.2) is 0 Å². The largest absolute Gasteiger partial charge is 0.489 e. The van der Waals surface area contributed by atoms with Crippen molar-refractivity contribution in [3.8, 4) is 23.0 Å². The molecule has 12 heterocycles. The molecule has 0 fully saturated rings. The zero-order valence-electron chi connectivity index (χ0n) is 91.8. The van der Waals surface area contributed by atoms with Crippen LogP contribution in [0.3, 0.4) is 0 Å². The minimum Gasteiger partial charge on any atom is -0.489 e. The molecule has 0 saturated heterocycles. The van der Waals surface area contributed by atoms with Gasteiger partial charge in [-0.3, -0.25) is 0 Å². The zero-order chi connectivity index (χ0) is 110. The van der Waals surface area contributed by atoms with Gasteiger partial charge in [0, 0.05) is 132 Å². The van der Waals surface area contributed by atoms with E-state index in [1.807, 2.05) is 189 Å². The Balaban J connectivity index is 0.000000149. The molecule has 8 aromatic rings. The lowest BCUT2D eigenvalue weighted by Crippen LogP contribution is -2.47. The summed E-state index contributed by atoms with van der Waals surface area (Å²) >= 11 is 9.52. The van der Waals surface area contributed by atoms with E-state index >= 15 is 0 Å². The number of thiol groups is 2. The van der Waals surface area contributed by atoms with Gasteiger partial charge in [0.2, 0.25) is 0 Å². The Morgan fingerprint density at radius 3 is 0.926 bits per heavy atom. The number of rotatable bonds is 29. The van der Waals surface area contributed by atoms with E-state index in [2.05, 4.69) is 143 Å². The van der Waals surface area contributed by atoms with E-state index in [0.717, 1.165) is 115 Å². The normalized spacial score (nSPS) is 21.7. The van der Waals surface area contributed by atoms with Gasteiger partial charge in [0.1, 0.15) is 70.1 Å². The Labute approximate surface area is 901 Å². The van der Waals surface area contributed by atoms with Crippen molar-refractivity contribution in [3.05, 3.63) is 215 Å². The van der Waals surface area contributed by atoms with E-state index < -0.39 is 101 Å². The highest BCUT2D eigenvalue weighted by atomic mass is 33.1. The highest BCUT2D eigenvalue weighted by Gasteiger charge is 2.56. The first-order chi connectivity index (χ1) is 68.9. The SMILES string of the molecule is CC(C)(C)NCC(O[N+](=O)[O-])C1Cc2cc3c(cc2O1)C(C)(C)N(O)C3(C)C.CC(C)(C)NCC(O[N+](=O)[O-])c1cc2cc3c(cc2o1)CSS3.CC(C)(C)NCC(S)C1Cc2cc3c(cc2O1)C(C)(C)N(O)C3(C)C.CC(C)NCC(O[N+](=O)[O-])C1Cc2cc3c(cc2O1)C(C)(C)N(O)C3(C)C.CC(C)NCC(O[N+](=O)[O-])c1cc2cc3c(cc2o1)CSS3.CC(C)NCC(S)C1Cc2cc3c(cc2O1)C(C)(C)N(O)C3(C)C. The second-order valence-corrected chi connectivity index (χ2v) is 54.3. The van der Waals surface area contributed by atoms with Gasteiger partial charge in [-0.05, 0) is 336 Å². The topological polar surface area (TPSA) is 439 Å². The van der Waals surface area contributed by atoms with Gasteiger partial charge in [0.05, 0.1) is 54.8 Å². The first-order valence-corrected chi connectivity index (χ1v) is 56.7. The first kappa shape index (κ1) is 118. The van der Waals surface area contributed by atoms with Crippen LogP contribution < -0.4 is 50.8 Å². The molecule has 10 unspecified atom stereocenters. The molecule has 0 saturated carbocycles. The maximum atomic E-state index is 11.0. The van der Waals surface area contributed by atoms with Crippen LogP contribution in [0.25, 0.3) is 21.9 Å². The summed E-state index contributed by atoms with van der Waals surface area (Å²) in [7, 11) is 7.09. The van der Waals surface area contributed by atoms with Gasteiger partial charge in [-0.2, -0.15) is 45.5 Å². The van der Waals surface area contributed by atoms with E-state index in [0.29, 0.717) is 68.1 Å². The summed E-state index contributed by atoms with van der Waals surface area (Å²) < 4.78 is 36.2. The second kappa shape index (κ2) is 45.0. The van der Waals surface area contributed by atoms with Crippen molar-refractivity contribution in [1.82, 2.24) is 52.2 Å². The molecule has 0 spiro atoms. The lowest BCUT2D eigenvalue weighted by atomic mass is 9.88. The molecule has 42 heteroatoms. The summed E-state index contributed by atoms with van der Waals surface area (Å²) in [6, 6.07) is 29.4. The molecule has 10 aliphatic rings. The van der Waals surface area contributed by atoms with Crippen LogP contribution in [-0.4, -0.2) is 183 Å². The molecule has 822 valence electrons. The van der Waals surface area contributed by atoms with Crippen molar-refractivity contribution in [2.45, 2.75) is 400 Å². The number of hydrogen-bond donors (Lipinski definition) is 12. The van der Waals surface area contributed by atoms with Crippen LogP contribution >= 0.6 is 68.4 Å². The van der Waals surface area contributed by atoms with Crippen LogP contribution in [0.1, 0.15) is 316 Å². The van der Waals surface area contributed by atoms with Crippen LogP contribution in [0.5, 0.6) is 23.0 Å². The van der Waals surface area contributed by atoms with Crippen LogP contribution in [0, 0.1) is 40.5 Å². The molecule has 18 rings (SSSR count). The van der Waals surface area contributed by atoms with Crippen molar-refractivity contribution < 1.29 is 88.3 Å². The van der Waals surface area contributed by atoms with E-state index in [1.54, 1.807) is 43.2 Å². The lowest BCUT2D eigenvalue weighted by molar-refractivity contribution is -0.771. The van der Waals surface area contributed by atoms with Crippen LogP contribution in [0.15, 0.2) is 104 Å². The van der Waals surface area contributed by atoms with E-state index in [4.69, 9.17) is 72.4 Å². The number of hydroxylamine groups is 8. The molecule has 2 aromatic heterocycles. The number of fused-ring (bicyclic) bond motifs is 12. The monoisotopic (exact) mass is 2180 g/mol. The third kappa shape index (κ3) is 26.5. The van der Waals surface area contributed by atoms with Crippen molar-refractivity contribution >= 4 is 90.4 Å². The fourth-order valence-electron chi connectivity index (χ4n) is 20.9. The molecule has 0 bridgehead atoms. The predicted molar refractivity (Wildman–Crippen MR) is 587 cm³/mol. The molecular formula is C107H156N14O22S6. The number of benzene rings is 6. The molecule has 10 N–H and O–H groups in total. The number of nitrogens with zero attached hydrogens (tertiary/aromatic N) is 8. The van der Waals surface area contributed by atoms with E-state index in [-0.39, 0.29) is 51.4 Å². The minimum atomic E-state index is -0.771. The Morgan fingerprint density at radius 1 is 0.356 bits per heavy atom. The molecule has 10 aliphatic heterocycles. The average molecular weight is 2180 g/mol. The lowest BCUT2D eigenvalue weighted by Gasteiger charge is -2.34. The maximum Gasteiger partial charge on any atom is 0.295 e. The third-order valence-electron chi connectivity index (χ3n) is 29.1. The Morgan fingerprint density at radius 2 is 0.617 bits per heavy atom. The van der Waals surface area contributed by atoms with Crippen LogP contribution in [0.2, 0.25) is 0 Å². The van der Waals surface area contributed by atoms with Crippen molar-refractivity contribution in [3.63, 3.8) is 0 Å². The molecule has 149 heavy (non-hydrogen) atoms. The fourth-order valence-corrected chi connectivity index (χ4v) is 26.4. The average Bonchev–Trinajstić information content (AvgIpc) is 1.57. The molecule has 0 aliphatic carbocycles. The molecular weight excluding hydrogens is 2030 g/mol. The van der Waals surface area contributed by atoms with Crippen LogP contribution in [-0.2, 0) is 101 Å².